The largest absolute Gasteiger partial charge is 0.489 e. The zero-order valence-electron chi connectivity index (χ0n) is 10.5. The maximum absolute atomic E-state index is 11.3. The molecule has 0 aliphatic rings. The molecule has 98 valence electrons. The topological polar surface area (TPSA) is 52.3 Å². The highest BCUT2D eigenvalue weighted by Crippen LogP contribution is 2.23. The first kappa shape index (κ1) is 13.6. The van der Waals surface area contributed by atoms with Crippen molar-refractivity contribution in [3.63, 3.8) is 0 Å². The summed E-state index contributed by atoms with van der Waals surface area (Å²) in [6, 6.07) is 13.0. The molecule has 2 aromatic rings. The van der Waals surface area contributed by atoms with E-state index in [-0.39, 0.29) is 5.78 Å². The first-order valence-corrected chi connectivity index (χ1v) is 6.64. The van der Waals surface area contributed by atoms with Gasteiger partial charge in [0.2, 0.25) is 0 Å². The summed E-state index contributed by atoms with van der Waals surface area (Å²) in [4.78, 5) is 11.3. The van der Waals surface area contributed by atoms with Crippen LogP contribution < -0.4 is 10.5 Å². The number of carbonyl (C=O) groups is 1. The van der Waals surface area contributed by atoms with Crippen molar-refractivity contribution in [3.05, 3.63) is 58.1 Å². The molecule has 0 amide bonds. The number of rotatable bonds is 4. The molecule has 0 bridgehead atoms. The van der Waals surface area contributed by atoms with Crippen LogP contribution in [-0.4, -0.2) is 5.78 Å². The Balaban J connectivity index is 2.11. The quantitative estimate of drug-likeness (QED) is 0.688. The van der Waals surface area contributed by atoms with E-state index in [9.17, 15) is 4.79 Å². The van der Waals surface area contributed by atoms with Crippen LogP contribution in [0.3, 0.4) is 0 Å². The maximum atomic E-state index is 11.3. The van der Waals surface area contributed by atoms with Crippen LogP contribution >= 0.6 is 15.9 Å². The first-order chi connectivity index (χ1) is 9.08. The van der Waals surface area contributed by atoms with Gasteiger partial charge in [-0.25, -0.2) is 0 Å². The fraction of sp³-hybridized carbons (Fsp3) is 0.133. The number of hydrogen-bond donors (Lipinski definition) is 1. The summed E-state index contributed by atoms with van der Waals surface area (Å²) < 4.78 is 6.67. The summed E-state index contributed by atoms with van der Waals surface area (Å²) in [7, 11) is 0. The van der Waals surface area contributed by atoms with Crippen LogP contribution in [0.2, 0.25) is 0 Å². The van der Waals surface area contributed by atoms with Crippen LogP contribution in [0.5, 0.6) is 5.75 Å². The number of nitrogen functional groups attached to an aromatic ring is 1. The smallest absolute Gasteiger partial charge is 0.161 e. The number of halogens is 1. The van der Waals surface area contributed by atoms with Crippen molar-refractivity contribution in [2.75, 3.05) is 5.73 Å². The lowest BCUT2D eigenvalue weighted by atomic mass is 10.1. The van der Waals surface area contributed by atoms with Gasteiger partial charge < -0.3 is 10.5 Å². The molecule has 0 atom stereocenters. The predicted octanol–water partition coefficient (Wildman–Crippen LogP) is 3.81. The molecule has 0 aliphatic heterocycles. The Kier molecular flexibility index (Phi) is 4.22. The van der Waals surface area contributed by atoms with Crippen LogP contribution in [0, 0.1) is 0 Å². The van der Waals surface area contributed by atoms with E-state index in [0.29, 0.717) is 23.6 Å². The monoisotopic (exact) mass is 319 g/mol. The molecule has 2 aromatic carbocycles. The third-order valence-corrected chi connectivity index (χ3v) is 3.53. The van der Waals surface area contributed by atoms with Crippen molar-refractivity contribution < 1.29 is 9.53 Å². The van der Waals surface area contributed by atoms with Gasteiger partial charge in [-0.15, -0.1) is 0 Å². The lowest BCUT2D eigenvalue weighted by Crippen LogP contribution is -2.01. The third kappa shape index (κ3) is 3.35. The number of nitrogens with two attached hydrogens (primary N) is 1. The summed E-state index contributed by atoms with van der Waals surface area (Å²) in [5.74, 6) is 0.605. The van der Waals surface area contributed by atoms with Crippen molar-refractivity contribution in [1.29, 1.82) is 0 Å². The summed E-state index contributed by atoms with van der Waals surface area (Å²) in [6.07, 6.45) is 0. The Hall–Kier alpha value is -1.81. The van der Waals surface area contributed by atoms with Crippen molar-refractivity contribution in [1.82, 2.24) is 0 Å². The van der Waals surface area contributed by atoms with Crippen molar-refractivity contribution in [2.45, 2.75) is 13.5 Å². The molecular weight excluding hydrogens is 306 g/mol. The van der Waals surface area contributed by atoms with Crippen LogP contribution in [0.15, 0.2) is 46.9 Å². The van der Waals surface area contributed by atoms with Crippen molar-refractivity contribution in [3.8, 4) is 5.75 Å². The van der Waals surface area contributed by atoms with E-state index < -0.39 is 0 Å². The Labute approximate surface area is 120 Å². The highest BCUT2D eigenvalue weighted by atomic mass is 79.9. The number of anilines is 1. The van der Waals surface area contributed by atoms with Gasteiger partial charge in [-0.2, -0.15) is 0 Å². The molecule has 3 nitrogen and oxygen atoms in total. The fourth-order valence-electron chi connectivity index (χ4n) is 1.73. The molecule has 2 N–H and O–H groups in total. The minimum atomic E-state index is -0.0464. The highest BCUT2D eigenvalue weighted by Gasteiger charge is 2.06. The summed E-state index contributed by atoms with van der Waals surface area (Å²) >= 11 is 3.47. The molecule has 2 rings (SSSR count). The molecule has 0 radical (unpaired) electrons. The van der Waals surface area contributed by atoms with Crippen molar-refractivity contribution >= 4 is 27.4 Å². The summed E-state index contributed by atoms with van der Waals surface area (Å²) in [6.45, 7) is 1.94. The lowest BCUT2D eigenvalue weighted by molar-refractivity contribution is 0.101. The molecule has 19 heavy (non-hydrogen) atoms. The molecule has 0 spiro atoms. The second-order valence-corrected chi connectivity index (χ2v) is 5.04. The second kappa shape index (κ2) is 5.89. The summed E-state index contributed by atoms with van der Waals surface area (Å²) in [5, 5.41) is 0. The molecule has 0 aromatic heterocycles. The molecule has 4 heteroatoms. The minimum absolute atomic E-state index is 0.0464. The van der Waals surface area contributed by atoms with Crippen LogP contribution in [-0.2, 0) is 6.61 Å². The van der Waals surface area contributed by atoms with E-state index in [1.54, 1.807) is 18.2 Å². The lowest BCUT2D eigenvalue weighted by Gasteiger charge is -2.09. The van der Waals surface area contributed by atoms with E-state index in [1.807, 2.05) is 24.3 Å². The van der Waals surface area contributed by atoms with Crippen molar-refractivity contribution in [2.24, 2.45) is 0 Å². The van der Waals surface area contributed by atoms with E-state index in [2.05, 4.69) is 15.9 Å². The molecule has 0 unspecified atom stereocenters. The Bertz CT molecular complexity index is 611. The molecule has 0 fully saturated rings. The van der Waals surface area contributed by atoms with Crippen LogP contribution in [0.4, 0.5) is 5.69 Å². The van der Waals surface area contributed by atoms with Crippen LogP contribution in [0.1, 0.15) is 22.8 Å². The third-order valence-electron chi connectivity index (χ3n) is 2.75. The second-order valence-electron chi connectivity index (χ2n) is 4.19. The van der Waals surface area contributed by atoms with E-state index in [4.69, 9.17) is 10.5 Å². The van der Waals surface area contributed by atoms with Gasteiger partial charge in [-0.1, -0.05) is 34.1 Å². The predicted molar refractivity (Wildman–Crippen MR) is 79.3 cm³/mol. The fourth-order valence-corrected chi connectivity index (χ4v) is 2.13. The Morgan fingerprint density at radius 1 is 1.26 bits per heavy atom. The zero-order valence-corrected chi connectivity index (χ0v) is 12.1. The normalized spacial score (nSPS) is 10.2. The molecule has 0 heterocycles. The molecule has 0 saturated carbocycles. The van der Waals surface area contributed by atoms with E-state index >= 15 is 0 Å². The van der Waals surface area contributed by atoms with Crippen LogP contribution in [0.25, 0.3) is 0 Å². The Morgan fingerprint density at radius 3 is 2.63 bits per heavy atom. The van der Waals surface area contributed by atoms with E-state index in [1.165, 1.54) is 6.92 Å². The van der Waals surface area contributed by atoms with Gasteiger partial charge in [0.1, 0.15) is 12.4 Å². The molecular formula is C15H14BrNO2. The molecule has 0 saturated heterocycles. The van der Waals surface area contributed by atoms with Gasteiger partial charge in [0.15, 0.2) is 5.78 Å². The van der Waals surface area contributed by atoms with Gasteiger partial charge in [0.05, 0.1) is 0 Å². The van der Waals surface area contributed by atoms with Gasteiger partial charge in [-0.3, -0.25) is 4.79 Å². The maximum Gasteiger partial charge on any atom is 0.161 e. The van der Waals surface area contributed by atoms with E-state index in [0.717, 1.165) is 10.0 Å². The molecule has 0 aliphatic carbocycles. The SMILES string of the molecule is CC(=O)c1ccc(OCc2ccccc2Br)cc1N. The number of Topliss-reactive ketones (excluding diaryl/α,β-unsaturated/α-hetero) is 1. The number of benzene rings is 2. The Morgan fingerprint density at radius 2 is 2.00 bits per heavy atom. The van der Waals surface area contributed by atoms with Gasteiger partial charge in [-0.05, 0) is 25.1 Å². The highest BCUT2D eigenvalue weighted by molar-refractivity contribution is 9.10. The number of carbonyl (C=O) groups excluding carboxylic acids is 1. The zero-order chi connectivity index (χ0) is 13.8. The standard InChI is InChI=1S/C15H14BrNO2/c1-10(18)13-7-6-12(8-15(13)17)19-9-11-4-2-3-5-14(11)16/h2-8H,9,17H2,1H3. The average molecular weight is 320 g/mol. The van der Waals surface area contributed by atoms with Gasteiger partial charge >= 0.3 is 0 Å². The number of ketones is 1. The number of ether oxygens (including phenoxy) is 1. The van der Waals surface area contributed by atoms with Gasteiger partial charge in [0, 0.05) is 27.4 Å². The van der Waals surface area contributed by atoms with Gasteiger partial charge in [0.25, 0.3) is 0 Å². The average Bonchev–Trinajstić information content (AvgIpc) is 2.37. The summed E-state index contributed by atoms with van der Waals surface area (Å²) in [5.41, 5.74) is 7.83. The number of hydrogen-bond acceptors (Lipinski definition) is 3. The first-order valence-electron chi connectivity index (χ1n) is 5.84. The minimum Gasteiger partial charge on any atom is -0.489 e.